The largest absolute Gasteiger partial charge is 0.396 e. The van der Waals surface area contributed by atoms with Crippen molar-refractivity contribution >= 4 is 31.8 Å². The molecule has 0 aliphatic carbocycles. The SMILES string of the molecule is CN(CCCO)S(=O)(=O)Nc1ccc(F)cc1Br. The van der Waals surface area contributed by atoms with E-state index in [0.29, 0.717) is 10.9 Å². The Morgan fingerprint density at radius 1 is 1.50 bits per heavy atom. The molecule has 1 aromatic rings. The van der Waals surface area contributed by atoms with Gasteiger partial charge in [0.15, 0.2) is 0 Å². The Hall–Kier alpha value is -0.700. The van der Waals surface area contributed by atoms with Crippen molar-refractivity contribution in [1.29, 1.82) is 0 Å². The van der Waals surface area contributed by atoms with Gasteiger partial charge in [0, 0.05) is 24.7 Å². The fourth-order valence-corrected chi connectivity index (χ4v) is 2.77. The number of aliphatic hydroxyl groups is 1. The quantitative estimate of drug-likeness (QED) is 0.825. The first-order valence-corrected chi connectivity index (χ1v) is 7.40. The summed E-state index contributed by atoms with van der Waals surface area (Å²) in [5.41, 5.74) is 0.257. The maximum atomic E-state index is 12.9. The summed E-state index contributed by atoms with van der Waals surface area (Å²) >= 11 is 3.08. The average Bonchev–Trinajstić information content (AvgIpc) is 2.29. The number of hydrogen-bond donors (Lipinski definition) is 2. The molecule has 0 spiro atoms. The Morgan fingerprint density at radius 2 is 2.17 bits per heavy atom. The van der Waals surface area contributed by atoms with Gasteiger partial charge in [-0.15, -0.1) is 0 Å². The number of benzene rings is 1. The molecule has 0 radical (unpaired) electrons. The Morgan fingerprint density at radius 3 is 2.72 bits per heavy atom. The van der Waals surface area contributed by atoms with E-state index in [-0.39, 0.29) is 18.8 Å². The third-order valence-corrected chi connectivity index (χ3v) is 4.35. The molecular formula is C10H14BrFN2O3S. The zero-order valence-electron chi connectivity index (χ0n) is 9.73. The highest BCUT2D eigenvalue weighted by Crippen LogP contribution is 2.24. The highest BCUT2D eigenvalue weighted by Gasteiger charge is 2.18. The van der Waals surface area contributed by atoms with E-state index in [1.807, 2.05) is 0 Å². The summed E-state index contributed by atoms with van der Waals surface area (Å²) in [6, 6.07) is 3.67. The second-order valence-corrected chi connectivity index (χ2v) is 6.26. The van der Waals surface area contributed by atoms with Crippen molar-refractivity contribution in [2.24, 2.45) is 0 Å². The molecule has 0 heterocycles. The lowest BCUT2D eigenvalue weighted by Crippen LogP contribution is -2.33. The third kappa shape index (κ3) is 4.20. The number of anilines is 1. The fourth-order valence-electron chi connectivity index (χ4n) is 1.20. The molecule has 0 unspecified atom stereocenters. The second kappa shape index (κ2) is 6.46. The topological polar surface area (TPSA) is 69.6 Å². The lowest BCUT2D eigenvalue weighted by Gasteiger charge is -2.18. The van der Waals surface area contributed by atoms with Gasteiger partial charge in [0.25, 0.3) is 0 Å². The molecule has 18 heavy (non-hydrogen) atoms. The molecule has 0 saturated carbocycles. The number of rotatable bonds is 6. The number of halogens is 2. The Bertz CT molecular complexity index is 510. The molecule has 5 nitrogen and oxygen atoms in total. The van der Waals surface area contributed by atoms with Crippen molar-refractivity contribution in [2.45, 2.75) is 6.42 Å². The molecule has 0 fully saturated rings. The van der Waals surface area contributed by atoms with Crippen LogP contribution in [0.15, 0.2) is 22.7 Å². The van der Waals surface area contributed by atoms with Crippen LogP contribution in [0.5, 0.6) is 0 Å². The molecule has 0 saturated heterocycles. The van der Waals surface area contributed by atoms with Crippen LogP contribution in [0.4, 0.5) is 10.1 Å². The minimum absolute atomic E-state index is 0.0832. The van der Waals surface area contributed by atoms with Crippen molar-refractivity contribution in [2.75, 3.05) is 24.9 Å². The highest BCUT2D eigenvalue weighted by atomic mass is 79.9. The maximum absolute atomic E-state index is 12.9. The summed E-state index contributed by atoms with van der Waals surface area (Å²) in [5, 5.41) is 8.65. The first kappa shape index (κ1) is 15.4. The van der Waals surface area contributed by atoms with Gasteiger partial charge >= 0.3 is 10.2 Å². The van der Waals surface area contributed by atoms with E-state index in [4.69, 9.17) is 5.11 Å². The predicted molar refractivity (Wildman–Crippen MR) is 71.0 cm³/mol. The predicted octanol–water partition coefficient (Wildman–Crippen LogP) is 1.56. The van der Waals surface area contributed by atoms with E-state index in [2.05, 4.69) is 20.7 Å². The average molecular weight is 341 g/mol. The standard InChI is InChI=1S/C10H14BrFN2O3S/c1-14(5-2-6-15)18(16,17)13-10-4-3-8(12)7-9(10)11/h3-4,7,13,15H,2,5-6H2,1H3. The summed E-state index contributed by atoms with van der Waals surface area (Å²) in [4.78, 5) is 0. The molecule has 0 aliphatic rings. The van der Waals surface area contributed by atoms with Crippen molar-refractivity contribution in [3.8, 4) is 0 Å². The molecule has 1 rings (SSSR count). The normalized spacial score (nSPS) is 11.8. The first-order chi connectivity index (χ1) is 8.36. The Kier molecular flexibility index (Phi) is 5.51. The lowest BCUT2D eigenvalue weighted by molar-refractivity contribution is 0.276. The summed E-state index contributed by atoms with van der Waals surface area (Å²) in [6.45, 7) is 0.116. The molecule has 0 aliphatic heterocycles. The summed E-state index contributed by atoms with van der Waals surface area (Å²) in [5.74, 6) is -0.460. The number of nitrogens with one attached hydrogen (secondary N) is 1. The van der Waals surface area contributed by atoms with Crippen LogP contribution in [0.25, 0.3) is 0 Å². The highest BCUT2D eigenvalue weighted by molar-refractivity contribution is 9.10. The third-order valence-electron chi connectivity index (χ3n) is 2.21. The zero-order valence-corrected chi connectivity index (χ0v) is 12.1. The smallest absolute Gasteiger partial charge is 0.301 e. The van der Waals surface area contributed by atoms with Gasteiger partial charge in [-0.25, -0.2) is 4.39 Å². The van der Waals surface area contributed by atoms with Crippen LogP contribution < -0.4 is 4.72 Å². The van der Waals surface area contributed by atoms with Gasteiger partial charge in [0.2, 0.25) is 0 Å². The summed E-state index contributed by atoms with van der Waals surface area (Å²) in [7, 11) is -2.30. The van der Waals surface area contributed by atoms with Crippen molar-refractivity contribution < 1.29 is 17.9 Å². The van der Waals surface area contributed by atoms with Crippen LogP contribution in [0.2, 0.25) is 0 Å². The van der Waals surface area contributed by atoms with Gasteiger partial charge in [0.05, 0.1) is 5.69 Å². The molecule has 0 aromatic heterocycles. The number of aliphatic hydroxyl groups excluding tert-OH is 1. The molecule has 8 heteroatoms. The van der Waals surface area contributed by atoms with Gasteiger partial charge in [-0.3, -0.25) is 4.72 Å². The Balaban J connectivity index is 2.82. The molecule has 2 N–H and O–H groups in total. The van der Waals surface area contributed by atoms with Crippen LogP contribution in [0, 0.1) is 5.82 Å². The van der Waals surface area contributed by atoms with Crippen LogP contribution in [0.1, 0.15) is 6.42 Å². The van der Waals surface area contributed by atoms with E-state index in [1.54, 1.807) is 0 Å². The Labute approximate surface area is 114 Å². The second-order valence-electron chi connectivity index (χ2n) is 3.63. The monoisotopic (exact) mass is 340 g/mol. The van der Waals surface area contributed by atoms with Crippen molar-refractivity contribution in [3.63, 3.8) is 0 Å². The zero-order chi connectivity index (χ0) is 13.8. The first-order valence-electron chi connectivity index (χ1n) is 5.17. The summed E-state index contributed by atoms with van der Waals surface area (Å²) in [6.07, 6.45) is 0.349. The van der Waals surface area contributed by atoms with Gasteiger partial charge in [0.1, 0.15) is 5.82 Å². The van der Waals surface area contributed by atoms with E-state index in [9.17, 15) is 12.8 Å². The molecule has 102 valence electrons. The van der Waals surface area contributed by atoms with Gasteiger partial charge in [-0.05, 0) is 40.5 Å². The number of nitrogens with zero attached hydrogens (tertiary/aromatic N) is 1. The van der Waals surface area contributed by atoms with E-state index in [0.717, 1.165) is 10.4 Å². The maximum Gasteiger partial charge on any atom is 0.301 e. The van der Waals surface area contributed by atoms with E-state index in [1.165, 1.54) is 19.2 Å². The van der Waals surface area contributed by atoms with Crippen LogP contribution in [0.3, 0.4) is 0 Å². The molecule has 0 atom stereocenters. The van der Waals surface area contributed by atoms with Crippen LogP contribution >= 0.6 is 15.9 Å². The summed E-state index contributed by atoms with van der Waals surface area (Å²) < 4.78 is 40.3. The fraction of sp³-hybridized carbons (Fsp3) is 0.400. The van der Waals surface area contributed by atoms with Gasteiger partial charge < -0.3 is 5.11 Å². The lowest BCUT2D eigenvalue weighted by atomic mass is 10.3. The molecule has 0 amide bonds. The van der Waals surface area contributed by atoms with E-state index >= 15 is 0 Å². The number of hydrogen-bond acceptors (Lipinski definition) is 3. The van der Waals surface area contributed by atoms with Gasteiger partial charge in [-0.2, -0.15) is 12.7 Å². The van der Waals surface area contributed by atoms with Crippen LogP contribution in [-0.2, 0) is 10.2 Å². The van der Waals surface area contributed by atoms with Crippen LogP contribution in [-0.4, -0.2) is 38.0 Å². The van der Waals surface area contributed by atoms with Gasteiger partial charge in [-0.1, -0.05) is 0 Å². The van der Waals surface area contributed by atoms with Crippen molar-refractivity contribution in [3.05, 3.63) is 28.5 Å². The van der Waals surface area contributed by atoms with Crippen molar-refractivity contribution in [1.82, 2.24) is 4.31 Å². The molecule has 1 aromatic carbocycles. The molecule has 0 bridgehead atoms. The minimum atomic E-state index is -3.70. The minimum Gasteiger partial charge on any atom is -0.396 e. The van der Waals surface area contributed by atoms with E-state index < -0.39 is 16.0 Å². The molecular weight excluding hydrogens is 327 g/mol.